The fourth-order valence-electron chi connectivity index (χ4n) is 6.78. The smallest absolute Gasteiger partial charge is 0.233 e. The summed E-state index contributed by atoms with van der Waals surface area (Å²) < 4.78 is 6.31. The number of rotatable bonds is 4. The van der Waals surface area contributed by atoms with Gasteiger partial charge in [-0.05, 0) is 49.8 Å². The minimum Gasteiger partial charge on any atom is -0.508 e. The van der Waals surface area contributed by atoms with Crippen molar-refractivity contribution in [2.45, 2.75) is 82.6 Å². The molecule has 0 aromatic heterocycles. The number of carbonyl (C=O) groups is 2. The van der Waals surface area contributed by atoms with E-state index >= 15 is 0 Å². The highest BCUT2D eigenvalue weighted by Crippen LogP contribution is 2.59. The largest absolute Gasteiger partial charge is 0.508 e. The van der Waals surface area contributed by atoms with Crippen LogP contribution in [-0.4, -0.2) is 38.8 Å². The number of hydrogen-bond acceptors (Lipinski definition) is 5. The van der Waals surface area contributed by atoms with Crippen LogP contribution in [0.2, 0.25) is 0 Å². The summed E-state index contributed by atoms with van der Waals surface area (Å²) >= 11 is 0. The first-order valence-electron chi connectivity index (χ1n) is 12.0. The molecule has 4 fully saturated rings. The highest BCUT2D eigenvalue weighted by molar-refractivity contribution is 6.05. The van der Waals surface area contributed by atoms with Gasteiger partial charge >= 0.3 is 0 Å². The number of fused-ring (bicyclic) bond motifs is 3. The Morgan fingerprint density at radius 3 is 2.45 bits per heavy atom. The molecule has 2 saturated carbocycles. The van der Waals surface area contributed by atoms with E-state index in [1.54, 1.807) is 17.0 Å². The van der Waals surface area contributed by atoms with E-state index in [2.05, 4.69) is 6.92 Å². The molecule has 0 radical (unpaired) electrons. The maximum atomic E-state index is 13.6. The third kappa shape index (κ3) is 3.30. The molecular formula is C25H33NO5. The van der Waals surface area contributed by atoms with Gasteiger partial charge in [0, 0.05) is 17.9 Å². The van der Waals surface area contributed by atoms with Gasteiger partial charge in [-0.3, -0.25) is 14.5 Å². The summed E-state index contributed by atoms with van der Waals surface area (Å²) in [5.74, 6) is -2.68. The molecule has 0 spiro atoms. The van der Waals surface area contributed by atoms with Gasteiger partial charge in [-0.15, -0.1) is 0 Å². The van der Waals surface area contributed by atoms with Crippen LogP contribution in [0.15, 0.2) is 24.3 Å². The standard InChI is InChI=1S/C25H33NO5/c1-2-6-16-13-19-22(24(29)26(23(19)28)17-7-4-3-5-8-17)20-14-21(31-25(16,20)30)15-9-11-18(27)12-10-15/h9-12,16-17,19-22,27,30H,2-8,13-14H2,1H3/t16-,19-,20-,21-,22-,25+/m0/s1. The topological polar surface area (TPSA) is 87.1 Å². The Balaban J connectivity index is 1.48. The van der Waals surface area contributed by atoms with Crippen LogP contribution >= 0.6 is 0 Å². The van der Waals surface area contributed by atoms with Crippen molar-refractivity contribution in [3.8, 4) is 5.75 Å². The quantitative estimate of drug-likeness (QED) is 0.712. The Labute approximate surface area is 183 Å². The highest BCUT2D eigenvalue weighted by Gasteiger charge is 2.66. The molecule has 1 aromatic carbocycles. The van der Waals surface area contributed by atoms with Gasteiger partial charge in [-0.25, -0.2) is 0 Å². The summed E-state index contributed by atoms with van der Waals surface area (Å²) in [6.07, 6.45) is 7.44. The van der Waals surface area contributed by atoms with Gasteiger partial charge in [-0.2, -0.15) is 0 Å². The molecule has 6 nitrogen and oxygen atoms in total. The summed E-state index contributed by atoms with van der Waals surface area (Å²) in [5, 5.41) is 21.4. The number of benzene rings is 1. The van der Waals surface area contributed by atoms with Crippen LogP contribution in [0.3, 0.4) is 0 Å². The Bertz CT molecular complexity index is 848. The molecule has 2 amide bonds. The van der Waals surface area contributed by atoms with Gasteiger partial charge in [0.05, 0.1) is 17.9 Å². The first kappa shape index (κ1) is 21.0. The second-order valence-electron chi connectivity index (χ2n) is 9.98. The number of aliphatic hydroxyl groups is 1. The lowest BCUT2D eigenvalue weighted by Gasteiger charge is -2.44. The SMILES string of the molecule is CCC[C@H]1C[C@@H]2C(=O)N(C3CCCCC3)C(=O)[C@@H]2[C@@H]2C[C@@H](c3ccc(O)cc3)O[C@]12O. The van der Waals surface area contributed by atoms with E-state index in [0.717, 1.165) is 44.1 Å². The molecule has 0 bridgehead atoms. The molecule has 168 valence electrons. The average molecular weight is 428 g/mol. The zero-order valence-electron chi connectivity index (χ0n) is 18.2. The molecule has 1 aromatic rings. The van der Waals surface area contributed by atoms with Crippen LogP contribution in [-0.2, 0) is 14.3 Å². The van der Waals surface area contributed by atoms with Crippen molar-refractivity contribution < 1.29 is 24.5 Å². The summed E-state index contributed by atoms with van der Waals surface area (Å²) in [6.45, 7) is 2.08. The molecule has 4 aliphatic rings. The zero-order chi connectivity index (χ0) is 21.8. The van der Waals surface area contributed by atoms with Gasteiger partial charge in [-0.1, -0.05) is 44.7 Å². The maximum absolute atomic E-state index is 13.6. The molecule has 2 N–H and O–H groups in total. The number of aromatic hydroxyl groups is 1. The van der Waals surface area contributed by atoms with Crippen molar-refractivity contribution in [3.63, 3.8) is 0 Å². The highest BCUT2D eigenvalue weighted by atomic mass is 16.6. The second-order valence-corrected chi connectivity index (χ2v) is 9.98. The van der Waals surface area contributed by atoms with Crippen LogP contribution in [0.5, 0.6) is 5.75 Å². The number of likely N-dealkylation sites (tertiary alicyclic amines) is 1. The van der Waals surface area contributed by atoms with Crippen molar-refractivity contribution >= 4 is 11.8 Å². The number of amides is 2. The summed E-state index contributed by atoms with van der Waals surface area (Å²) in [4.78, 5) is 28.6. The molecule has 2 aliphatic carbocycles. The fraction of sp³-hybridized carbons (Fsp3) is 0.680. The van der Waals surface area contributed by atoms with Gasteiger partial charge < -0.3 is 14.9 Å². The number of imide groups is 1. The number of nitrogens with zero attached hydrogens (tertiary/aromatic N) is 1. The summed E-state index contributed by atoms with van der Waals surface area (Å²) in [7, 11) is 0. The third-order valence-corrected chi connectivity index (χ3v) is 8.24. The third-order valence-electron chi connectivity index (χ3n) is 8.24. The van der Waals surface area contributed by atoms with E-state index in [0.29, 0.717) is 12.8 Å². The van der Waals surface area contributed by atoms with Gasteiger partial charge in [0.1, 0.15) is 5.75 Å². The van der Waals surface area contributed by atoms with E-state index < -0.39 is 11.7 Å². The number of phenolic OH excluding ortho intramolecular Hbond substituents is 1. The molecular weight excluding hydrogens is 394 g/mol. The maximum Gasteiger partial charge on any atom is 0.233 e. The van der Waals surface area contributed by atoms with Gasteiger partial charge in [0.25, 0.3) is 0 Å². The van der Waals surface area contributed by atoms with E-state index in [1.807, 2.05) is 12.1 Å². The lowest BCUT2D eigenvalue weighted by atomic mass is 9.63. The monoisotopic (exact) mass is 427 g/mol. The first-order valence-corrected chi connectivity index (χ1v) is 12.0. The Morgan fingerprint density at radius 2 is 1.77 bits per heavy atom. The fourth-order valence-corrected chi connectivity index (χ4v) is 6.78. The van der Waals surface area contributed by atoms with Crippen LogP contribution in [0.4, 0.5) is 0 Å². The molecule has 31 heavy (non-hydrogen) atoms. The van der Waals surface area contributed by atoms with Crippen molar-refractivity contribution in [1.29, 1.82) is 0 Å². The van der Waals surface area contributed by atoms with Crippen molar-refractivity contribution in [3.05, 3.63) is 29.8 Å². The minimum atomic E-state index is -1.39. The molecule has 5 rings (SSSR count). The first-order chi connectivity index (χ1) is 14.9. The lowest BCUT2D eigenvalue weighted by Crippen LogP contribution is -2.53. The second kappa shape index (κ2) is 7.89. The van der Waals surface area contributed by atoms with E-state index in [9.17, 15) is 19.8 Å². The molecule has 0 unspecified atom stereocenters. The van der Waals surface area contributed by atoms with Crippen LogP contribution < -0.4 is 0 Å². The average Bonchev–Trinajstić information content (AvgIpc) is 3.24. The lowest BCUT2D eigenvalue weighted by molar-refractivity contribution is -0.270. The Kier molecular flexibility index (Phi) is 5.33. The normalized spacial score (nSPS) is 38.4. The van der Waals surface area contributed by atoms with Crippen molar-refractivity contribution in [2.24, 2.45) is 23.7 Å². The van der Waals surface area contributed by atoms with Gasteiger partial charge in [0.15, 0.2) is 5.79 Å². The van der Waals surface area contributed by atoms with Crippen LogP contribution in [0, 0.1) is 23.7 Å². The molecule has 2 aliphatic heterocycles. The summed E-state index contributed by atoms with van der Waals surface area (Å²) in [6, 6.07) is 6.87. The number of hydrogen-bond donors (Lipinski definition) is 2. The molecule has 2 heterocycles. The van der Waals surface area contributed by atoms with E-state index in [-0.39, 0.29) is 47.5 Å². The zero-order valence-corrected chi connectivity index (χ0v) is 18.2. The van der Waals surface area contributed by atoms with Crippen molar-refractivity contribution in [1.82, 2.24) is 4.90 Å². The summed E-state index contributed by atoms with van der Waals surface area (Å²) in [5.41, 5.74) is 0.883. The predicted molar refractivity (Wildman–Crippen MR) is 114 cm³/mol. The molecule has 6 heteroatoms. The van der Waals surface area contributed by atoms with E-state index in [1.165, 1.54) is 6.42 Å². The Morgan fingerprint density at radius 1 is 1.06 bits per heavy atom. The Hall–Kier alpha value is -1.92. The molecule has 2 saturated heterocycles. The number of phenols is 1. The number of carbonyl (C=O) groups excluding carboxylic acids is 2. The van der Waals surface area contributed by atoms with Crippen LogP contribution in [0.1, 0.15) is 76.4 Å². The van der Waals surface area contributed by atoms with E-state index in [4.69, 9.17) is 4.74 Å². The predicted octanol–water partition coefficient (Wildman–Crippen LogP) is 3.91. The minimum absolute atomic E-state index is 0.0156. The van der Waals surface area contributed by atoms with Crippen molar-refractivity contribution in [2.75, 3.05) is 0 Å². The molecule has 6 atom stereocenters. The van der Waals surface area contributed by atoms with Crippen LogP contribution in [0.25, 0.3) is 0 Å². The van der Waals surface area contributed by atoms with Gasteiger partial charge in [0.2, 0.25) is 11.8 Å². The number of ether oxygens (including phenoxy) is 1.